The van der Waals surface area contributed by atoms with Gasteiger partial charge in [-0.25, -0.2) is 0 Å². The van der Waals surface area contributed by atoms with Gasteiger partial charge in [0.25, 0.3) is 0 Å². The van der Waals surface area contributed by atoms with E-state index in [1.807, 2.05) is 0 Å². The van der Waals surface area contributed by atoms with Crippen molar-refractivity contribution in [1.29, 1.82) is 0 Å². The van der Waals surface area contributed by atoms with Crippen LogP contribution >= 0.6 is 16.2 Å². The van der Waals surface area contributed by atoms with Crippen molar-refractivity contribution in [3.63, 3.8) is 0 Å². The van der Waals surface area contributed by atoms with E-state index < -0.39 is 16.2 Å². The molecule has 0 bridgehead atoms. The molecule has 2 aliphatic rings. The van der Waals surface area contributed by atoms with Crippen LogP contribution in [-0.4, -0.2) is 5.85 Å². The maximum Gasteiger partial charge on any atom is 0.388 e. The van der Waals surface area contributed by atoms with E-state index in [9.17, 15) is 0 Å². The molecule has 0 amide bonds. The molecule has 0 saturated carbocycles. The van der Waals surface area contributed by atoms with Crippen LogP contribution in [-0.2, 0) is 25.7 Å². The molecule has 254 valence electrons. The molecule has 1 atom stereocenters. The highest BCUT2D eigenvalue weighted by atomic mass is 31.1. The second-order valence-electron chi connectivity index (χ2n) is 13.8. The van der Waals surface area contributed by atoms with Gasteiger partial charge in [-0.15, -0.1) is 0 Å². The van der Waals surface area contributed by atoms with E-state index in [1.165, 1.54) is 69.3 Å². The fourth-order valence-electron chi connectivity index (χ4n) is 8.28. The van der Waals surface area contributed by atoms with Gasteiger partial charge in [0.05, 0.1) is 5.85 Å². The molecule has 51 heavy (non-hydrogen) atoms. The van der Waals surface area contributed by atoms with Crippen LogP contribution in [0.5, 0.6) is 0 Å². The third kappa shape index (κ3) is 6.27. The summed E-state index contributed by atoms with van der Waals surface area (Å²) in [4.78, 5) is 0. The molecule has 0 radical (unpaired) electrons. The molecule has 1 aromatic heterocycles. The minimum atomic E-state index is -1.85. The Morgan fingerprint density at radius 2 is 0.922 bits per heavy atom. The highest BCUT2D eigenvalue weighted by Gasteiger charge is 2.28. The van der Waals surface area contributed by atoms with Gasteiger partial charge in [-0.05, 0) is 122 Å². The second-order valence-corrected chi connectivity index (χ2v) is 17.4. The summed E-state index contributed by atoms with van der Waals surface area (Å²) >= 11 is 0. The minimum absolute atomic E-state index is 0.170. The van der Waals surface area contributed by atoms with E-state index in [-0.39, 0.29) is 5.85 Å². The fourth-order valence-corrected chi connectivity index (χ4v) is 12.1. The van der Waals surface area contributed by atoms with Crippen molar-refractivity contribution < 1.29 is 12.9 Å². The largest absolute Gasteiger partial charge is 0.398 e. The molecule has 6 aromatic carbocycles. The molecule has 0 saturated heterocycles. The molecule has 1 heterocycles. The van der Waals surface area contributed by atoms with Crippen molar-refractivity contribution in [3.8, 4) is 22.3 Å². The molecule has 0 N–H and O–H groups in total. The van der Waals surface area contributed by atoms with Crippen LogP contribution in [0.4, 0.5) is 0 Å². The number of hydrogen-bond acceptors (Lipinski definition) is 3. The molecule has 3 nitrogen and oxygen atoms in total. The highest BCUT2D eigenvalue weighted by Crippen LogP contribution is 2.50. The van der Waals surface area contributed by atoms with Gasteiger partial charge in [0.2, 0.25) is 0 Å². The van der Waals surface area contributed by atoms with Crippen LogP contribution in [0.15, 0.2) is 142 Å². The summed E-state index contributed by atoms with van der Waals surface area (Å²) in [6.07, 6.45) is 9.04. The summed E-state index contributed by atoms with van der Waals surface area (Å²) in [5.74, 6) is -0.170. The maximum absolute atomic E-state index is 7.30. The Balaban J connectivity index is 1.38. The van der Waals surface area contributed by atoms with Gasteiger partial charge in [0.15, 0.2) is 11.2 Å². The van der Waals surface area contributed by atoms with Crippen molar-refractivity contribution in [3.05, 3.63) is 156 Å². The monoisotopic (exact) mass is 704 g/mol. The zero-order chi connectivity index (χ0) is 34.1. The summed E-state index contributed by atoms with van der Waals surface area (Å²) in [6, 6.07) is 48.0. The molecular formula is C46H42O3P2. The van der Waals surface area contributed by atoms with Gasteiger partial charge < -0.3 is 8.39 Å². The molecule has 0 unspecified atom stereocenters. The van der Waals surface area contributed by atoms with Gasteiger partial charge in [-0.2, -0.15) is 0 Å². The molecule has 0 fully saturated rings. The Morgan fingerprint density at radius 1 is 0.529 bits per heavy atom. The van der Waals surface area contributed by atoms with E-state index in [1.54, 1.807) is 0 Å². The quantitative estimate of drug-likeness (QED) is 0.155. The van der Waals surface area contributed by atoms with Gasteiger partial charge in [-0.3, -0.25) is 4.52 Å². The Hall–Kier alpha value is -4.39. The third-order valence-electron chi connectivity index (χ3n) is 10.6. The lowest BCUT2D eigenvalue weighted by Crippen LogP contribution is -2.23. The predicted molar refractivity (Wildman–Crippen MR) is 216 cm³/mol. The van der Waals surface area contributed by atoms with Crippen LogP contribution in [0.1, 0.15) is 54.9 Å². The van der Waals surface area contributed by atoms with E-state index in [0.717, 1.165) is 59.1 Å². The first-order chi connectivity index (χ1) is 25.2. The first-order valence-corrected chi connectivity index (χ1v) is 20.9. The summed E-state index contributed by atoms with van der Waals surface area (Å²) in [5, 5.41) is 5.03. The van der Waals surface area contributed by atoms with E-state index in [0.29, 0.717) is 0 Å². The minimum Gasteiger partial charge on any atom is -0.398 e. The first-order valence-electron chi connectivity index (χ1n) is 18.4. The number of aryl methyl sites for hydroxylation is 4. The zero-order valence-corrected chi connectivity index (χ0v) is 30.8. The van der Waals surface area contributed by atoms with Gasteiger partial charge in [0.1, 0.15) is 0 Å². The third-order valence-corrected chi connectivity index (χ3v) is 14.5. The average Bonchev–Trinajstić information content (AvgIpc) is 3.36. The smallest absolute Gasteiger partial charge is 0.388 e. The Kier molecular flexibility index (Phi) is 9.13. The fraction of sp³-hybridized carbons (Fsp3) is 0.217. The van der Waals surface area contributed by atoms with Crippen molar-refractivity contribution in [2.24, 2.45) is 0 Å². The lowest BCUT2D eigenvalue weighted by molar-refractivity contribution is 0.361. The van der Waals surface area contributed by atoms with Crippen LogP contribution < -0.4 is 15.1 Å². The van der Waals surface area contributed by atoms with Crippen molar-refractivity contribution in [2.75, 3.05) is 0 Å². The van der Waals surface area contributed by atoms with Crippen LogP contribution in [0.3, 0.4) is 0 Å². The summed E-state index contributed by atoms with van der Waals surface area (Å²) < 4.78 is 21.8. The lowest BCUT2D eigenvalue weighted by Gasteiger charge is -2.24. The van der Waals surface area contributed by atoms with E-state index in [4.69, 9.17) is 12.9 Å². The van der Waals surface area contributed by atoms with Crippen molar-refractivity contribution in [1.82, 2.24) is 0 Å². The molecule has 7 aromatic rings. The molecule has 2 aliphatic carbocycles. The highest BCUT2D eigenvalue weighted by molar-refractivity contribution is 7.73. The van der Waals surface area contributed by atoms with Crippen LogP contribution in [0, 0.1) is 0 Å². The van der Waals surface area contributed by atoms with Crippen LogP contribution in [0.2, 0.25) is 0 Å². The predicted octanol–water partition coefficient (Wildman–Crippen LogP) is 12.3. The summed E-state index contributed by atoms with van der Waals surface area (Å²) in [7, 11) is -2.71. The molecule has 0 spiro atoms. The number of rotatable bonds is 7. The van der Waals surface area contributed by atoms with Gasteiger partial charge in [-0.1, -0.05) is 121 Å². The standard InChI is InChI=1S/C46H42O3P2/c1-32(50(37-24-10-4-11-25-37)38-26-12-5-13-27-38)47-51-48-45-41(33-18-6-2-7-19-33)30-35-22-14-16-28-39(35)43(45)44-40-29-17-15-23-36(40)31-42(46(44)49-51)34-20-8-3-9-21-34/h2-13,18-21,24-27,30-32H,14-17,22-23,28-29H2,1H3/t32-/m1/s1. The van der Waals surface area contributed by atoms with Crippen LogP contribution in [0.25, 0.3) is 44.2 Å². The Morgan fingerprint density at radius 3 is 1.35 bits per heavy atom. The number of benzene rings is 6. The normalized spacial score (nSPS) is 14.7. The summed E-state index contributed by atoms with van der Waals surface area (Å²) in [5.41, 5.74) is 12.2. The molecule has 9 rings (SSSR count). The first kappa shape index (κ1) is 32.5. The SMILES string of the molecule is C[C@H](Op1oc2c(-c3ccccc3)cc3c(c2c2c4c(cc(-c5ccccc5)c2o1)CCCC4)CCCC3)P(c1ccccc1)c1ccccc1. The summed E-state index contributed by atoms with van der Waals surface area (Å²) in [6.45, 7) is 2.20. The van der Waals surface area contributed by atoms with E-state index in [2.05, 4.69) is 140 Å². The maximum atomic E-state index is 7.30. The van der Waals surface area contributed by atoms with E-state index >= 15 is 0 Å². The topological polar surface area (TPSA) is 35.5 Å². The van der Waals surface area contributed by atoms with Crippen molar-refractivity contribution >= 4 is 48.7 Å². The number of hydrogen-bond donors (Lipinski definition) is 0. The molecule has 5 heteroatoms. The second kappa shape index (κ2) is 14.3. The number of fused-ring (bicyclic) bond motifs is 7. The lowest BCUT2D eigenvalue weighted by atomic mass is 9.81. The Bertz CT molecular complexity index is 2190. The van der Waals surface area contributed by atoms with Gasteiger partial charge >= 0.3 is 8.24 Å². The molecular weight excluding hydrogens is 662 g/mol. The van der Waals surface area contributed by atoms with Crippen molar-refractivity contribution in [2.45, 2.75) is 64.1 Å². The Labute approximate surface area is 302 Å². The average molecular weight is 705 g/mol. The zero-order valence-electron chi connectivity index (χ0n) is 29.1. The van der Waals surface area contributed by atoms with Gasteiger partial charge in [0, 0.05) is 21.9 Å². The molecule has 0 aliphatic heterocycles.